The molecule has 23 heavy (non-hydrogen) atoms. The second-order valence-corrected chi connectivity index (χ2v) is 6.38. The van der Waals surface area contributed by atoms with E-state index in [-0.39, 0.29) is 10.8 Å². The molecular weight excluding hydrogens is 308 g/mol. The van der Waals surface area contributed by atoms with Gasteiger partial charge in [0, 0.05) is 18.3 Å². The molecule has 0 radical (unpaired) electrons. The smallest absolute Gasteiger partial charge is 0.305 e. The molecule has 5 nitrogen and oxygen atoms in total. The van der Waals surface area contributed by atoms with Gasteiger partial charge in [0.15, 0.2) is 5.82 Å². The van der Waals surface area contributed by atoms with E-state index in [2.05, 4.69) is 28.1 Å². The van der Waals surface area contributed by atoms with Crippen LogP contribution in [0.15, 0.2) is 59.7 Å². The van der Waals surface area contributed by atoms with E-state index in [1.165, 1.54) is 11.3 Å². The lowest BCUT2D eigenvalue weighted by molar-refractivity contribution is 0.780. The minimum absolute atomic E-state index is 0.0239. The van der Waals surface area contributed by atoms with Gasteiger partial charge in [-0.15, -0.1) is 0 Å². The van der Waals surface area contributed by atoms with Crippen molar-refractivity contribution in [1.82, 2.24) is 19.7 Å². The van der Waals surface area contributed by atoms with Crippen LogP contribution in [0, 0.1) is 0 Å². The SMILES string of the molecule is CC(c1ccc2[nH]c(=O)sc2c1)c1ccn(-c2ccccn2)n1. The first-order valence-corrected chi connectivity index (χ1v) is 8.12. The zero-order valence-corrected chi connectivity index (χ0v) is 13.2. The highest BCUT2D eigenvalue weighted by Gasteiger charge is 2.13. The number of nitrogens with one attached hydrogen (secondary N) is 1. The zero-order valence-electron chi connectivity index (χ0n) is 12.4. The second-order valence-electron chi connectivity index (χ2n) is 5.36. The van der Waals surface area contributed by atoms with E-state index in [4.69, 9.17) is 0 Å². The molecule has 3 aromatic heterocycles. The van der Waals surface area contributed by atoms with Crippen LogP contribution in [0.5, 0.6) is 0 Å². The van der Waals surface area contributed by atoms with Crippen molar-refractivity contribution in [1.29, 1.82) is 0 Å². The fourth-order valence-electron chi connectivity index (χ4n) is 2.59. The second kappa shape index (κ2) is 5.48. The van der Waals surface area contributed by atoms with E-state index >= 15 is 0 Å². The van der Waals surface area contributed by atoms with E-state index in [0.717, 1.165) is 27.3 Å². The summed E-state index contributed by atoms with van der Waals surface area (Å²) in [5, 5.41) is 4.63. The molecule has 0 aliphatic rings. The van der Waals surface area contributed by atoms with Crippen molar-refractivity contribution in [2.24, 2.45) is 0 Å². The number of fused-ring (bicyclic) bond motifs is 1. The topological polar surface area (TPSA) is 63.6 Å². The molecule has 1 N–H and O–H groups in total. The van der Waals surface area contributed by atoms with Crippen molar-refractivity contribution >= 4 is 21.6 Å². The normalized spacial score (nSPS) is 12.6. The van der Waals surface area contributed by atoms with Crippen molar-refractivity contribution in [3.63, 3.8) is 0 Å². The minimum atomic E-state index is -0.0239. The molecule has 114 valence electrons. The largest absolute Gasteiger partial charge is 0.312 e. The first-order valence-electron chi connectivity index (χ1n) is 7.30. The van der Waals surface area contributed by atoms with Gasteiger partial charge < -0.3 is 4.98 Å². The molecule has 1 atom stereocenters. The van der Waals surface area contributed by atoms with Crippen LogP contribution in [0.3, 0.4) is 0 Å². The molecular formula is C17H14N4OS. The fourth-order valence-corrected chi connectivity index (χ4v) is 3.37. The Morgan fingerprint density at radius 1 is 1.22 bits per heavy atom. The van der Waals surface area contributed by atoms with Crippen LogP contribution in [0.4, 0.5) is 0 Å². The lowest BCUT2D eigenvalue weighted by atomic mass is 9.98. The van der Waals surface area contributed by atoms with E-state index in [1.54, 1.807) is 10.9 Å². The number of rotatable bonds is 3. The summed E-state index contributed by atoms with van der Waals surface area (Å²) in [6.45, 7) is 2.11. The quantitative estimate of drug-likeness (QED) is 0.629. The monoisotopic (exact) mass is 322 g/mol. The van der Waals surface area contributed by atoms with Gasteiger partial charge in [-0.25, -0.2) is 9.67 Å². The highest BCUT2D eigenvalue weighted by Crippen LogP contribution is 2.26. The minimum Gasteiger partial charge on any atom is -0.312 e. The Morgan fingerprint density at radius 3 is 2.96 bits per heavy atom. The van der Waals surface area contributed by atoms with Crippen LogP contribution in [-0.4, -0.2) is 19.7 Å². The predicted molar refractivity (Wildman–Crippen MR) is 91.3 cm³/mol. The average Bonchev–Trinajstić information content (AvgIpc) is 3.20. The Kier molecular flexibility index (Phi) is 3.31. The van der Waals surface area contributed by atoms with Crippen LogP contribution in [0.1, 0.15) is 24.1 Å². The van der Waals surface area contributed by atoms with E-state index in [0.29, 0.717) is 0 Å². The van der Waals surface area contributed by atoms with Crippen molar-refractivity contribution < 1.29 is 0 Å². The Bertz CT molecular complexity index is 1020. The van der Waals surface area contributed by atoms with Gasteiger partial charge in [-0.1, -0.05) is 30.4 Å². The Labute approximate surface area is 136 Å². The third-order valence-electron chi connectivity index (χ3n) is 3.88. The molecule has 1 aromatic carbocycles. The summed E-state index contributed by atoms with van der Waals surface area (Å²) in [7, 11) is 0. The number of nitrogens with zero attached hydrogens (tertiary/aromatic N) is 3. The van der Waals surface area contributed by atoms with Gasteiger partial charge in [0.1, 0.15) is 0 Å². The molecule has 0 aliphatic heterocycles. The summed E-state index contributed by atoms with van der Waals surface area (Å²) < 4.78 is 2.75. The maximum Gasteiger partial charge on any atom is 0.305 e. The lowest BCUT2D eigenvalue weighted by Gasteiger charge is -2.09. The summed E-state index contributed by atoms with van der Waals surface area (Å²) in [5.74, 6) is 0.937. The number of pyridine rings is 1. The highest BCUT2D eigenvalue weighted by molar-refractivity contribution is 7.16. The number of H-pyrrole nitrogens is 1. The van der Waals surface area contributed by atoms with Crippen molar-refractivity contribution in [2.45, 2.75) is 12.8 Å². The van der Waals surface area contributed by atoms with Gasteiger partial charge in [-0.3, -0.25) is 4.79 Å². The highest BCUT2D eigenvalue weighted by atomic mass is 32.1. The van der Waals surface area contributed by atoms with Crippen LogP contribution >= 0.6 is 11.3 Å². The molecule has 0 saturated heterocycles. The molecule has 4 rings (SSSR count). The number of aromatic nitrogens is 4. The molecule has 0 saturated carbocycles. The van der Waals surface area contributed by atoms with Gasteiger partial charge in [0.2, 0.25) is 0 Å². The van der Waals surface area contributed by atoms with Crippen molar-refractivity contribution in [2.75, 3.05) is 0 Å². The number of hydrogen-bond acceptors (Lipinski definition) is 4. The van der Waals surface area contributed by atoms with Gasteiger partial charge in [-0.05, 0) is 35.9 Å². The Balaban J connectivity index is 1.69. The molecule has 0 fully saturated rings. The summed E-state index contributed by atoms with van der Waals surface area (Å²) >= 11 is 1.23. The number of aromatic amines is 1. The van der Waals surface area contributed by atoms with Gasteiger partial charge in [-0.2, -0.15) is 5.10 Å². The maximum atomic E-state index is 11.4. The first kappa shape index (κ1) is 13.9. The standard InChI is InChI=1S/C17H14N4OS/c1-11(12-5-6-14-15(10-12)23-17(22)19-14)13-7-9-21(20-13)16-4-2-3-8-18-16/h2-11H,1H3,(H,19,22). The molecule has 0 spiro atoms. The molecule has 0 bridgehead atoms. The molecule has 4 aromatic rings. The summed E-state index contributed by atoms with van der Waals surface area (Å²) in [4.78, 5) is 18.5. The van der Waals surface area contributed by atoms with Crippen LogP contribution < -0.4 is 4.87 Å². The summed E-state index contributed by atoms with van der Waals surface area (Å²) in [6.07, 6.45) is 3.67. The van der Waals surface area contributed by atoms with Crippen LogP contribution in [0.25, 0.3) is 16.0 Å². The Hall–Kier alpha value is -2.73. The molecule has 6 heteroatoms. The predicted octanol–water partition coefficient (Wildman–Crippen LogP) is 3.32. The van der Waals surface area contributed by atoms with Gasteiger partial charge >= 0.3 is 4.87 Å². The summed E-state index contributed by atoms with van der Waals surface area (Å²) in [6, 6.07) is 13.8. The summed E-state index contributed by atoms with van der Waals surface area (Å²) in [5.41, 5.74) is 2.99. The van der Waals surface area contributed by atoms with E-state index in [1.807, 2.05) is 42.6 Å². The Morgan fingerprint density at radius 2 is 2.13 bits per heavy atom. The molecule has 0 aliphatic carbocycles. The first-order chi connectivity index (χ1) is 11.2. The average molecular weight is 322 g/mol. The lowest BCUT2D eigenvalue weighted by Crippen LogP contribution is -2.01. The van der Waals surface area contributed by atoms with Crippen LogP contribution in [-0.2, 0) is 0 Å². The molecule has 1 unspecified atom stereocenters. The van der Waals surface area contributed by atoms with Gasteiger partial charge in [0.25, 0.3) is 0 Å². The maximum absolute atomic E-state index is 11.4. The zero-order chi connectivity index (χ0) is 15.8. The van der Waals surface area contributed by atoms with Crippen LogP contribution in [0.2, 0.25) is 0 Å². The number of benzene rings is 1. The van der Waals surface area contributed by atoms with E-state index < -0.39 is 0 Å². The third kappa shape index (κ3) is 2.57. The number of hydrogen-bond donors (Lipinski definition) is 1. The molecule has 3 heterocycles. The fraction of sp³-hybridized carbons (Fsp3) is 0.118. The van der Waals surface area contributed by atoms with Crippen molar-refractivity contribution in [3.05, 3.63) is 75.8 Å². The molecule has 0 amide bonds. The third-order valence-corrected chi connectivity index (χ3v) is 4.73. The van der Waals surface area contributed by atoms with Gasteiger partial charge in [0.05, 0.1) is 15.9 Å². The number of thiazole rings is 1. The van der Waals surface area contributed by atoms with E-state index in [9.17, 15) is 4.79 Å². The van der Waals surface area contributed by atoms with Crippen molar-refractivity contribution in [3.8, 4) is 5.82 Å².